The molecule has 0 saturated carbocycles. The Labute approximate surface area is 148 Å². The molecule has 0 radical (unpaired) electrons. The second kappa shape index (κ2) is 9.37. The number of benzene rings is 2. The molecule has 2 rings (SSSR count). The molecule has 0 atom stereocenters. The van der Waals surface area contributed by atoms with E-state index in [0.29, 0.717) is 11.5 Å². The van der Waals surface area contributed by atoms with Crippen LogP contribution in [0.5, 0.6) is 5.75 Å². The van der Waals surface area contributed by atoms with Crippen LogP contribution in [0.3, 0.4) is 0 Å². The van der Waals surface area contributed by atoms with Crippen LogP contribution in [0.2, 0.25) is 0 Å². The number of methoxy groups -OCH3 is 1. The minimum atomic E-state index is -0.131. The van der Waals surface area contributed by atoms with Crippen LogP contribution in [0.1, 0.15) is 11.1 Å². The molecule has 0 fully saturated rings. The maximum atomic E-state index is 11.8. The number of hydrogen-bond donors (Lipinski definition) is 1. The van der Waals surface area contributed by atoms with Crippen molar-refractivity contribution in [2.24, 2.45) is 5.10 Å². The first-order valence-electron chi connectivity index (χ1n) is 6.97. The molecule has 120 valence electrons. The summed E-state index contributed by atoms with van der Waals surface area (Å²) in [5.74, 6) is 1.71. The van der Waals surface area contributed by atoms with Gasteiger partial charge in [0.1, 0.15) is 5.75 Å². The highest BCUT2D eigenvalue weighted by atomic mass is 79.9. The molecule has 23 heavy (non-hydrogen) atoms. The third-order valence-corrected chi connectivity index (χ3v) is 4.74. The summed E-state index contributed by atoms with van der Waals surface area (Å²) in [7, 11) is 1.60. The van der Waals surface area contributed by atoms with Crippen molar-refractivity contribution in [2.45, 2.75) is 5.75 Å². The van der Waals surface area contributed by atoms with Gasteiger partial charge in [-0.3, -0.25) is 4.79 Å². The lowest BCUT2D eigenvalue weighted by Crippen LogP contribution is -2.19. The van der Waals surface area contributed by atoms with Crippen LogP contribution < -0.4 is 10.2 Å². The number of carbonyl (C=O) groups excluding carboxylic acids is 1. The topological polar surface area (TPSA) is 50.7 Å². The van der Waals surface area contributed by atoms with Crippen molar-refractivity contribution in [1.82, 2.24) is 5.43 Å². The van der Waals surface area contributed by atoms with Gasteiger partial charge in [0.15, 0.2) is 0 Å². The van der Waals surface area contributed by atoms with Crippen molar-refractivity contribution in [1.29, 1.82) is 0 Å². The van der Waals surface area contributed by atoms with Gasteiger partial charge in [0.05, 0.1) is 19.1 Å². The van der Waals surface area contributed by atoms with E-state index in [-0.39, 0.29) is 5.91 Å². The van der Waals surface area contributed by atoms with E-state index in [4.69, 9.17) is 4.74 Å². The minimum Gasteiger partial charge on any atom is -0.496 e. The average Bonchev–Trinajstić information content (AvgIpc) is 2.57. The lowest BCUT2D eigenvalue weighted by molar-refractivity contribution is -0.118. The Bertz CT molecular complexity index is 692. The Morgan fingerprint density at radius 1 is 1.26 bits per heavy atom. The number of thioether (sulfide) groups is 1. The molecule has 0 saturated heterocycles. The summed E-state index contributed by atoms with van der Waals surface area (Å²) in [6.07, 6.45) is 1.58. The summed E-state index contributed by atoms with van der Waals surface area (Å²) in [5, 5.41) is 3.97. The number of hydrogen-bond acceptors (Lipinski definition) is 4. The highest BCUT2D eigenvalue weighted by Crippen LogP contribution is 2.21. The lowest BCUT2D eigenvalue weighted by atomic mass is 10.2. The van der Waals surface area contributed by atoms with Gasteiger partial charge in [-0.1, -0.05) is 46.3 Å². The average molecular weight is 393 g/mol. The van der Waals surface area contributed by atoms with E-state index >= 15 is 0 Å². The lowest BCUT2D eigenvalue weighted by Gasteiger charge is -2.04. The molecule has 0 aromatic heterocycles. The number of hydrazone groups is 1. The third-order valence-electron chi connectivity index (χ3n) is 2.98. The molecule has 0 unspecified atom stereocenters. The van der Waals surface area contributed by atoms with Crippen molar-refractivity contribution in [3.8, 4) is 5.75 Å². The fourth-order valence-corrected chi connectivity index (χ4v) is 3.28. The Morgan fingerprint density at radius 2 is 2.00 bits per heavy atom. The van der Waals surface area contributed by atoms with Crippen molar-refractivity contribution in [3.05, 3.63) is 64.1 Å². The predicted octanol–water partition coefficient (Wildman–Crippen LogP) is 3.84. The monoisotopic (exact) mass is 392 g/mol. The summed E-state index contributed by atoms with van der Waals surface area (Å²) in [6.45, 7) is 0. The van der Waals surface area contributed by atoms with Crippen molar-refractivity contribution in [3.63, 3.8) is 0 Å². The molecule has 1 amide bonds. The van der Waals surface area contributed by atoms with Crippen LogP contribution in [-0.4, -0.2) is 25.0 Å². The fourth-order valence-electron chi connectivity index (χ4n) is 1.85. The van der Waals surface area contributed by atoms with Gasteiger partial charge in [-0.25, -0.2) is 5.43 Å². The second-order valence-corrected chi connectivity index (χ2v) is 6.46. The van der Waals surface area contributed by atoms with Gasteiger partial charge in [-0.15, -0.1) is 11.8 Å². The van der Waals surface area contributed by atoms with Crippen LogP contribution in [0.4, 0.5) is 0 Å². The summed E-state index contributed by atoms with van der Waals surface area (Å²) in [6, 6.07) is 15.5. The van der Waals surface area contributed by atoms with Gasteiger partial charge in [-0.2, -0.15) is 5.10 Å². The highest BCUT2D eigenvalue weighted by molar-refractivity contribution is 9.10. The number of nitrogens with zero attached hydrogens (tertiary/aromatic N) is 1. The Kier molecular flexibility index (Phi) is 7.16. The molecule has 6 heteroatoms. The number of amides is 1. The van der Waals surface area contributed by atoms with E-state index in [1.165, 1.54) is 5.56 Å². The second-order valence-electron chi connectivity index (χ2n) is 4.62. The zero-order chi connectivity index (χ0) is 16.5. The highest BCUT2D eigenvalue weighted by Gasteiger charge is 2.03. The normalized spacial score (nSPS) is 10.7. The quantitative estimate of drug-likeness (QED) is 0.575. The van der Waals surface area contributed by atoms with Crippen molar-refractivity contribution < 1.29 is 9.53 Å². The molecule has 0 aliphatic heterocycles. The smallest absolute Gasteiger partial charge is 0.250 e. The third kappa shape index (κ3) is 5.73. The zero-order valence-corrected chi connectivity index (χ0v) is 15.1. The molecular formula is C17H17BrN2O2S. The van der Waals surface area contributed by atoms with E-state index < -0.39 is 0 Å². The van der Waals surface area contributed by atoms with Gasteiger partial charge in [0.25, 0.3) is 0 Å². The number of ether oxygens (including phenoxy) is 1. The van der Waals surface area contributed by atoms with Crippen LogP contribution in [0.25, 0.3) is 0 Å². The van der Waals surface area contributed by atoms with Gasteiger partial charge >= 0.3 is 0 Å². The molecule has 2 aromatic carbocycles. The van der Waals surface area contributed by atoms with Crippen molar-refractivity contribution >= 4 is 39.8 Å². The summed E-state index contributed by atoms with van der Waals surface area (Å²) < 4.78 is 6.27. The number of rotatable bonds is 7. The van der Waals surface area contributed by atoms with Gasteiger partial charge in [-0.05, 0) is 23.8 Å². The standard InChI is InChI=1S/C17H17BrN2O2S/c1-22-16-9-5-3-6-13(16)10-19-20-17(21)12-23-11-14-7-2-4-8-15(14)18/h2-10H,11-12H2,1H3,(H,20,21)/b19-10+. The maximum Gasteiger partial charge on any atom is 0.250 e. The number of nitrogens with one attached hydrogen (secondary N) is 1. The molecule has 0 heterocycles. The van der Waals surface area contributed by atoms with Gasteiger partial charge in [0, 0.05) is 15.8 Å². The Balaban J connectivity index is 1.77. The Morgan fingerprint density at radius 3 is 2.78 bits per heavy atom. The first-order valence-corrected chi connectivity index (χ1v) is 8.91. The zero-order valence-electron chi connectivity index (χ0n) is 12.7. The minimum absolute atomic E-state index is 0.131. The fraction of sp³-hybridized carbons (Fsp3) is 0.176. The number of halogens is 1. The van der Waals surface area contributed by atoms with E-state index in [0.717, 1.165) is 15.8 Å². The van der Waals surface area contributed by atoms with Gasteiger partial charge in [0.2, 0.25) is 5.91 Å². The van der Waals surface area contributed by atoms with E-state index in [1.807, 2.05) is 48.5 Å². The molecule has 2 aromatic rings. The molecule has 0 aliphatic rings. The molecule has 0 spiro atoms. The maximum absolute atomic E-state index is 11.8. The van der Waals surface area contributed by atoms with Gasteiger partial charge < -0.3 is 4.74 Å². The summed E-state index contributed by atoms with van der Waals surface area (Å²) >= 11 is 5.04. The number of para-hydroxylation sites is 1. The molecule has 1 N–H and O–H groups in total. The van der Waals surface area contributed by atoms with E-state index in [2.05, 4.69) is 26.5 Å². The van der Waals surface area contributed by atoms with Crippen LogP contribution in [0.15, 0.2) is 58.1 Å². The van der Waals surface area contributed by atoms with E-state index in [1.54, 1.807) is 25.1 Å². The van der Waals surface area contributed by atoms with E-state index in [9.17, 15) is 4.79 Å². The largest absolute Gasteiger partial charge is 0.496 e. The van der Waals surface area contributed by atoms with Crippen LogP contribution >= 0.6 is 27.7 Å². The summed E-state index contributed by atoms with van der Waals surface area (Å²) in [5.41, 5.74) is 4.51. The van der Waals surface area contributed by atoms with Crippen molar-refractivity contribution in [2.75, 3.05) is 12.9 Å². The van der Waals surface area contributed by atoms with Crippen LogP contribution in [-0.2, 0) is 10.5 Å². The summed E-state index contributed by atoms with van der Waals surface area (Å²) in [4.78, 5) is 11.8. The number of carbonyl (C=O) groups is 1. The molecule has 4 nitrogen and oxygen atoms in total. The first kappa shape index (κ1) is 17.6. The predicted molar refractivity (Wildman–Crippen MR) is 99.0 cm³/mol. The SMILES string of the molecule is COc1ccccc1/C=N/NC(=O)CSCc1ccccc1Br. The Hall–Kier alpha value is -1.79. The first-order chi connectivity index (χ1) is 11.2. The molecule has 0 aliphatic carbocycles. The van der Waals surface area contributed by atoms with Crippen LogP contribution in [0, 0.1) is 0 Å². The molecular weight excluding hydrogens is 376 g/mol. The molecule has 0 bridgehead atoms.